The van der Waals surface area contributed by atoms with Gasteiger partial charge in [0.05, 0.1) is 6.20 Å². The number of nitrogens with zero attached hydrogens (tertiary/aromatic N) is 1. The molecule has 1 aromatic carbocycles. The molecule has 0 bridgehead atoms. The van der Waals surface area contributed by atoms with Gasteiger partial charge in [-0.3, -0.25) is 4.79 Å². The number of hydrogen-bond donors (Lipinski definition) is 1. The van der Waals surface area contributed by atoms with Crippen LogP contribution in [0.2, 0.25) is 0 Å². The van der Waals surface area contributed by atoms with Gasteiger partial charge in [-0.15, -0.1) is 0 Å². The molecule has 2 aromatic rings. The fourth-order valence-electron chi connectivity index (χ4n) is 2.60. The van der Waals surface area contributed by atoms with E-state index in [-0.39, 0.29) is 17.7 Å². The minimum atomic E-state index is -0.161. The molecule has 104 valence electrons. The third kappa shape index (κ3) is 2.90. The van der Waals surface area contributed by atoms with Crippen LogP contribution in [0.15, 0.2) is 40.9 Å². The number of amides is 1. The molecule has 0 spiro atoms. The first-order chi connectivity index (χ1) is 9.83. The van der Waals surface area contributed by atoms with Crippen LogP contribution in [-0.2, 0) is 0 Å². The van der Waals surface area contributed by atoms with E-state index >= 15 is 0 Å². The van der Waals surface area contributed by atoms with Crippen molar-refractivity contribution in [2.45, 2.75) is 38.1 Å². The molecule has 0 atom stereocenters. The molecule has 1 heterocycles. The first kappa shape index (κ1) is 12.9. The topological polar surface area (TPSA) is 55.1 Å². The number of carbonyl (C=O) groups excluding carboxylic acids is 1. The summed E-state index contributed by atoms with van der Waals surface area (Å²) in [6, 6.07) is 9.87. The first-order valence-electron chi connectivity index (χ1n) is 7.15. The maximum atomic E-state index is 12.1. The third-order valence-corrected chi connectivity index (χ3v) is 3.69. The van der Waals surface area contributed by atoms with Crippen molar-refractivity contribution in [3.63, 3.8) is 0 Å². The lowest BCUT2D eigenvalue weighted by atomic mass is 9.95. The van der Waals surface area contributed by atoms with E-state index in [9.17, 15) is 4.79 Å². The molecule has 1 saturated carbocycles. The second-order valence-electron chi connectivity index (χ2n) is 5.20. The molecule has 1 amide bonds. The normalized spacial score (nSPS) is 16.0. The van der Waals surface area contributed by atoms with Crippen LogP contribution in [-0.4, -0.2) is 16.9 Å². The van der Waals surface area contributed by atoms with Gasteiger partial charge in [-0.1, -0.05) is 37.5 Å². The molecular formula is C16H18N2O2. The highest BCUT2D eigenvalue weighted by Crippen LogP contribution is 2.20. The average Bonchev–Trinajstić information content (AvgIpc) is 2.99. The van der Waals surface area contributed by atoms with E-state index in [1.54, 1.807) is 0 Å². The standard InChI is InChI=1S/C16H18N2O2/c19-15(18-13-9-5-2-6-10-13)14-11-17-16(20-14)12-7-3-1-4-8-12/h1,3-4,7-8,11,13H,2,5-6,9-10H2,(H,18,19). The number of oxazole rings is 1. The van der Waals surface area contributed by atoms with Crippen LogP contribution in [0.5, 0.6) is 0 Å². The Bertz CT molecular complexity index is 571. The Balaban J connectivity index is 1.68. The number of aromatic nitrogens is 1. The molecule has 1 aliphatic rings. The van der Waals surface area contributed by atoms with Crippen LogP contribution >= 0.6 is 0 Å². The van der Waals surface area contributed by atoms with Crippen molar-refractivity contribution >= 4 is 5.91 Å². The Kier molecular flexibility index (Phi) is 3.81. The van der Waals surface area contributed by atoms with Crippen molar-refractivity contribution in [2.75, 3.05) is 0 Å². The highest BCUT2D eigenvalue weighted by Gasteiger charge is 2.19. The summed E-state index contributed by atoms with van der Waals surface area (Å²) < 4.78 is 5.55. The van der Waals surface area contributed by atoms with Gasteiger partial charge in [0.2, 0.25) is 11.7 Å². The predicted octanol–water partition coefficient (Wildman–Crippen LogP) is 3.40. The molecular weight excluding hydrogens is 252 g/mol. The van der Waals surface area contributed by atoms with Crippen LogP contribution in [0, 0.1) is 0 Å². The second kappa shape index (κ2) is 5.90. The van der Waals surface area contributed by atoms with Crippen LogP contribution in [0.3, 0.4) is 0 Å². The second-order valence-corrected chi connectivity index (χ2v) is 5.20. The van der Waals surface area contributed by atoms with Crippen molar-refractivity contribution in [2.24, 2.45) is 0 Å². The molecule has 0 unspecified atom stereocenters. The van der Waals surface area contributed by atoms with Gasteiger partial charge in [-0.2, -0.15) is 0 Å². The van der Waals surface area contributed by atoms with E-state index < -0.39 is 0 Å². The van der Waals surface area contributed by atoms with E-state index in [1.165, 1.54) is 25.5 Å². The Morgan fingerprint density at radius 1 is 1.15 bits per heavy atom. The Morgan fingerprint density at radius 2 is 1.90 bits per heavy atom. The fourth-order valence-corrected chi connectivity index (χ4v) is 2.60. The Labute approximate surface area is 118 Å². The number of rotatable bonds is 3. The van der Waals surface area contributed by atoms with Crippen LogP contribution in [0.1, 0.15) is 42.7 Å². The number of hydrogen-bond acceptors (Lipinski definition) is 3. The fraction of sp³-hybridized carbons (Fsp3) is 0.375. The molecule has 0 aliphatic heterocycles. The summed E-state index contributed by atoms with van der Waals surface area (Å²) in [5.74, 6) is 0.611. The van der Waals surface area contributed by atoms with Gasteiger partial charge in [-0.25, -0.2) is 4.98 Å². The summed E-state index contributed by atoms with van der Waals surface area (Å²) in [6.45, 7) is 0. The molecule has 4 heteroatoms. The predicted molar refractivity (Wildman–Crippen MR) is 76.3 cm³/mol. The summed E-state index contributed by atoms with van der Waals surface area (Å²) in [4.78, 5) is 16.3. The zero-order valence-corrected chi connectivity index (χ0v) is 11.3. The summed E-state index contributed by atoms with van der Waals surface area (Å²) in [5, 5.41) is 3.03. The maximum Gasteiger partial charge on any atom is 0.288 e. The van der Waals surface area contributed by atoms with Gasteiger partial charge in [0.25, 0.3) is 5.91 Å². The molecule has 3 rings (SSSR count). The minimum Gasteiger partial charge on any atom is -0.431 e. The van der Waals surface area contributed by atoms with Crippen LogP contribution < -0.4 is 5.32 Å². The third-order valence-electron chi connectivity index (χ3n) is 3.69. The lowest BCUT2D eigenvalue weighted by Crippen LogP contribution is -2.35. The molecule has 1 aliphatic carbocycles. The summed E-state index contributed by atoms with van der Waals surface area (Å²) in [7, 11) is 0. The molecule has 0 radical (unpaired) electrons. The molecule has 1 aromatic heterocycles. The minimum absolute atomic E-state index is 0.161. The zero-order chi connectivity index (χ0) is 13.8. The smallest absolute Gasteiger partial charge is 0.288 e. The van der Waals surface area contributed by atoms with E-state index in [0.29, 0.717) is 5.89 Å². The Hall–Kier alpha value is -2.10. The average molecular weight is 270 g/mol. The SMILES string of the molecule is O=C(NC1CCCCC1)c1cnc(-c2ccccc2)o1. The highest BCUT2D eigenvalue weighted by atomic mass is 16.4. The number of benzene rings is 1. The van der Waals surface area contributed by atoms with Gasteiger partial charge in [0.15, 0.2) is 0 Å². The first-order valence-corrected chi connectivity index (χ1v) is 7.15. The number of carbonyl (C=O) groups is 1. The van der Waals surface area contributed by atoms with Crippen LogP contribution in [0.4, 0.5) is 0 Å². The van der Waals surface area contributed by atoms with Crippen LogP contribution in [0.25, 0.3) is 11.5 Å². The highest BCUT2D eigenvalue weighted by molar-refractivity contribution is 5.91. The van der Waals surface area contributed by atoms with E-state index in [2.05, 4.69) is 10.3 Å². The van der Waals surface area contributed by atoms with Crippen molar-refractivity contribution < 1.29 is 9.21 Å². The van der Waals surface area contributed by atoms with Gasteiger partial charge in [0.1, 0.15) is 0 Å². The number of nitrogens with one attached hydrogen (secondary N) is 1. The van der Waals surface area contributed by atoms with E-state index in [4.69, 9.17) is 4.42 Å². The van der Waals surface area contributed by atoms with Crippen molar-refractivity contribution in [3.8, 4) is 11.5 Å². The molecule has 4 nitrogen and oxygen atoms in total. The largest absolute Gasteiger partial charge is 0.431 e. The van der Waals surface area contributed by atoms with E-state index in [0.717, 1.165) is 18.4 Å². The molecule has 20 heavy (non-hydrogen) atoms. The van der Waals surface area contributed by atoms with Crippen molar-refractivity contribution in [1.29, 1.82) is 0 Å². The van der Waals surface area contributed by atoms with Crippen molar-refractivity contribution in [1.82, 2.24) is 10.3 Å². The zero-order valence-electron chi connectivity index (χ0n) is 11.3. The quantitative estimate of drug-likeness (QED) is 0.930. The molecule has 1 fully saturated rings. The van der Waals surface area contributed by atoms with Gasteiger partial charge in [-0.05, 0) is 25.0 Å². The van der Waals surface area contributed by atoms with Gasteiger partial charge in [0, 0.05) is 11.6 Å². The summed E-state index contributed by atoms with van der Waals surface area (Å²) in [6.07, 6.45) is 7.28. The summed E-state index contributed by atoms with van der Waals surface area (Å²) >= 11 is 0. The van der Waals surface area contributed by atoms with Gasteiger partial charge < -0.3 is 9.73 Å². The van der Waals surface area contributed by atoms with E-state index in [1.807, 2.05) is 30.3 Å². The lowest BCUT2D eigenvalue weighted by Gasteiger charge is -2.21. The summed E-state index contributed by atoms with van der Waals surface area (Å²) in [5.41, 5.74) is 0.879. The lowest BCUT2D eigenvalue weighted by molar-refractivity contribution is 0.0900. The Morgan fingerprint density at radius 3 is 2.65 bits per heavy atom. The van der Waals surface area contributed by atoms with Crippen molar-refractivity contribution in [3.05, 3.63) is 42.3 Å². The van der Waals surface area contributed by atoms with Gasteiger partial charge >= 0.3 is 0 Å². The molecule has 1 N–H and O–H groups in total. The monoisotopic (exact) mass is 270 g/mol. The molecule has 0 saturated heterocycles. The maximum absolute atomic E-state index is 12.1.